The third-order valence-electron chi connectivity index (χ3n) is 6.38. The van der Waals surface area contributed by atoms with Gasteiger partial charge in [0.25, 0.3) is 0 Å². The van der Waals surface area contributed by atoms with Gasteiger partial charge in [-0.1, -0.05) is 93.6 Å². The van der Waals surface area contributed by atoms with Crippen molar-refractivity contribution < 1.29 is 19.4 Å². The molecule has 0 atom stereocenters. The fourth-order valence-electron chi connectivity index (χ4n) is 4.48. The fraction of sp³-hybridized carbons (Fsp3) is 0.310. The highest BCUT2D eigenvalue weighted by Gasteiger charge is 2.29. The molecule has 5 heteroatoms. The first kappa shape index (κ1) is 23.6. The van der Waals surface area contributed by atoms with Gasteiger partial charge in [-0.25, -0.2) is 4.79 Å². The summed E-state index contributed by atoms with van der Waals surface area (Å²) in [5, 5.41) is 9.18. The van der Waals surface area contributed by atoms with Crippen molar-refractivity contribution in [2.75, 3.05) is 13.2 Å². The molecule has 0 bridgehead atoms. The first-order chi connectivity index (χ1) is 16.2. The van der Waals surface area contributed by atoms with E-state index in [1.165, 1.54) is 21.6 Å². The van der Waals surface area contributed by atoms with E-state index in [2.05, 4.69) is 57.2 Å². The smallest absolute Gasteiger partial charge is 0.410 e. The van der Waals surface area contributed by atoms with E-state index in [-0.39, 0.29) is 30.9 Å². The number of nitrogens with zero attached hydrogens (tertiary/aromatic N) is 1. The lowest BCUT2D eigenvalue weighted by Crippen LogP contribution is -2.34. The highest BCUT2D eigenvalue weighted by molar-refractivity contribution is 5.79. The van der Waals surface area contributed by atoms with Crippen LogP contribution in [0.15, 0.2) is 72.8 Å². The summed E-state index contributed by atoms with van der Waals surface area (Å²) >= 11 is 0. The molecule has 0 saturated carbocycles. The Kier molecular flexibility index (Phi) is 6.73. The number of hydrogen-bond donors (Lipinski definition) is 1. The van der Waals surface area contributed by atoms with Gasteiger partial charge in [-0.3, -0.25) is 4.79 Å². The Labute approximate surface area is 201 Å². The van der Waals surface area contributed by atoms with Gasteiger partial charge in [0.15, 0.2) is 0 Å². The standard InChI is InChI=1S/C29H31NO4/c1-29(2,3)21-14-12-20(13-15-21)18-30(17-16-27(31)32)28(33)34-19-26-24-10-6-4-8-22(24)23-9-5-7-11-25(23)26/h4-15,26H,16-19H2,1-3H3,(H,31,32). The molecule has 1 aliphatic carbocycles. The zero-order valence-electron chi connectivity index (χ0n) is 20.0. The van der Waals surface area contributed by atoms with Gasteiger partial charge in [-0.05, 0) is 38.8 Å². The maximum Gasteiger partial charge on any atom is 0.410 e. The van der Waals surface area contributed by atoms with Crippen LogP contribution in [-0.4, -0.2) is 35.2 Å². The Bertz CT molecular complexity index is 1130. The normalized spacial score (nSPS) is 12.7. The van der Waals surface area contributed by atoms with E-state index in [4.69, 9.17) is 4.74 Å². The molecule has 0 aliphatic heterocycles. The highest BCUT2D eigenvalue weighted by Crippen LogP contribution is 2.44. The Hall–Kier alpha value is -3.60. The third-order valence-corrected chi connectivity index (χ3v) is 6.38. The van der Waals surface area contributed by atoms with Crippen molar-refractivity contribution in [3.63, 3.8) is 0 Å². The van der Waals surface area contributed by atoms with E-state index in [1.807, 2.05) is 36.4 Å². The van der Waals surface area contributed by atoms with E-state index in [0.717, 1.165) is 16.7 Å². The molecule has 1 aliphatic rings. The lowest BCUT2D eigenvalue weighted by atomic mass is 9.87. The summed E-state index contributed by atoms with van der Waals surface area (Å²) in [5.74, 6) is -0.983. The predicted octanol–water partition coefficient (Wildman–Crippen LogP) is 6.21. The Morgan fingerprint density at radius 3 is 1.97 bits per heavy atom. The Morgan fingerprint density at radius 1 is 0.882 bits per heavy atom. The van der Waals surface area contributed by atoms with Gasteiger partial charge in [0.05, 0.1) is 6.42 Å². The van der Waals surface area contributed by atoms with Crippen LogP contribution in [0.25, 0.3) is 11.1 Å². The number of carboxylic acid groups (broad SMARTS) is 1. The molecule has 1 N–H and O–H groups in total. The van der Waals surface area contributed by atoms with E-state index < -0.39 is 12.1 Å². The van der Waals surface area contributed by atoms with Gasteiger partial charge in [0.1, 0.15) is 6.61 Å². The van der Waals surface area contributed by atoms with Gasteiger partial charge in [0, 0.05) is 19.0 Å². The number of amides is 1. The number of ether oxygens (including phenoxy) is 1. The van der Waals surface area contributed by atoms with Gasteiger partial charge in [0.2, 0.25) is 0 Å². The second kappa shape index (κ2) is 9.72. The number of aliphatic carboxylic acids is 1. The molecular weight excluding hydrogens is 426 g/mol. The maximum atomic E-state index is 13.1. The molecule has 176 valence electrons. The summed E-state index contributed by atoms with van der Waals surface area (Å²) in [7, 11) is 0. The molecule has 4 rings (SSSR count). The number of carbonyl (C=O) groups is 2. The van der Waals surface area contributed by atoms with E-state index in [1.54, 1.807) is 0 Å². The first-order valence-electron chi connectivity index (χ1n) is 11.6. The molecule has 0 spiro atoms. The number of fused-ring (bicyclic) bond motifs is 3. The number of carbonyl (C=O) groups excluding carboxylic acids is 1. The molecule has 0 saturated heterocycles. The molecule has 0 fully saturated rings. The molecule has 0 heterocycles. The minimum atomic E-state index is -0.945. The topological polar surface area (TPSA) is 66.8 Å². The SMILES string of the molecule is CC(C)(C)c1ccc(CN(CCC(=O)O)C(=O)OCC2c3ccccc3-c3ccccc32)cc1. The van der Waals surface area contributed by atoms with Crippen molar-refractivity contribution >= 4 is 12.1 Å². The first-order valence-corrected chi connectivity index (χ1v) is 11.6. The van der Waals surface area contributed by atoms with Crippen molar-refractivity contribution in [3.05, 3.63) is 95.1 Å². The fourth-order valence-corrected chi connectivity index (χ4v) is 4.48. The quantitative estimate of drug-likeness (QED) is 0.458. The maximum absolute atomic E-state index is 13.1. The summed E-state index contributed by atoms with van der Waals surface area (Å²) in [5.41, 5.74) is 6.80. The minimum Gasteiger partial charge on any atom is -0.481 e. The van der Waals surface area contributed by atoms with Crippen LogP contribution in [0.4, 0.5) is 4.79 Å². The summed E-state index contributed by atoms with van der Waals surface area (Å²) in [6.45, 7) is 7.05. The third kappa shape index (κ3) is 5.14. The predicted molar refractivity (Wildman–Crippen MR) is 133 cm³/mol. The number of carboxylic acids is 1. The molecule has 1 amide bonds. The molecule has 0 aromatic heterocycles. The van der Waals surface area contributed by atoms with Crippen molar-refractivity contribution in [2.45, 2.75) is 45.1 Å². The van der Waals surface area contributed by atoms with Crippen molar-refractivity contribution in [1.82, 2.24) is 4.90 Å². The molecule has 0 unspecified atom stereocenters. The zero-order chi connectivity index (χ0) is 24.3. The number of rotatable bonds is 7. The second-order valence-corrected chi connectivity index (χ2v) is 9.82. The zero-order valence-corrected chi connectivity index (χ0v) is 20.0. The van der Waals surface area contributed by atoms with Crippen molar-refractivity contribution in [2.24, 2.45) is 0 Å². The van der Waals surface area contributed by atoms with Crippen LogP contribution in [0.2, 0.25) is 0 Å². The molecule has 5 nitrogen and oxygen atoms in total. The number of benzene rings is 3. The lowest BCUT2D eigenvalue weighted by Gasteiger charge is -2.24. The summed E-state index contributed by atoms with van der Waals surface area (Å²) in [6, 6.07) is 24.5. The monoisotopic (exact) mass is 457 g/mol. The summed E-state index contributed by atoms with van der Waals surface area (Å²) in [4.78, 5) is 25.8. The van der Waals surface area contributed by atoms with Crippen LogP contribution >= 0.6 is 0 Å². The van der Waals surface area contributed by atoms with Gasteiger partial charge in [-0.15, -0.1) is 0 Å². The number of hydrogen-bond acceptors (Lipinski definition) is 3. The van der Waals surface area contributed by atoms with E-state index in [0.29, 0.717) is 6.54 Å². The van der Waals surface area contributed by atoms with Gasteiger partial charge >= 0.3 is 12.1 Å². The highest BCUT2D eigenvalue weighted by atomic mass is 16.6. The average Bonchev–Trinajstić information content (AvgIpc) is 3.13. The van der Waals surface area contributed by atoms with Gasteiger partial charge < -0.3 is 14.7 Å². The molecule has 34 heavy (non-hydrogen) atoms. The molecule has 3 aromatic carbocycles. The van der Waals surface area contributed by atoms with E-state index >= 15 is 0 Å². The largest absolute Gasteiger partial charge is 0.481 e. The van der Waals surface area contributed by atoms with Crippen molar-refractivity contribution in [1.29, 1.82) is 0 Å². The lowest BCUT2D eigenvalue weighted by molar-refractivity contribution is -0.137. The Morgan fingerprint density at radius 2 is 1.44 bits per heavy atom. The second-order valence-electron chi connectivity index (χ2n) is 9.82. The molecule has 3 aromatic rings. The molecule has 0 radical (unpaired) electrons. The van der Waals surface area contributed by atoms with E-state index in [9.17, 15) is 14.7 Å². The Balaban J connectivity index is 1.48. The van der Waals surface area contributed by atoms with Crippen LogP contribution in [0.5, 0.6) is 0 Å². The van der Waals surface area contributed by atoms with Crippen molar-refractivity contribution in [3.8, 4) is 11.1 Å². The summed E-state index contributed by atoms with van der Waals surface area (Å²) < 4.78 is 5.78. The van der Waals surface area contributed by atoms with Crippen LogP contribution < -0.4 is 0 Å². The van der Waals surface area contributed by atoms with Gasteiger partial charge in [-0.2, -0.15) is 0 Å². The van der Waals surface area contributed by atoms with Crippen LogP contribution in [0, 0.1) is 0 Å². The van der Waals surface area contributed by atoms with Crippen LogP contribution in [0.1, 0.15) is 55.4 Å². The van der Waals surface area contributed by atoms with Crippen LogP contribution in [0.3, 0.4) is 0 Å². The average molecular weight is 458 g/mol. The minimum absolute atomic E-state index is 0.0360. The summed E-state index contributed by atoms with van der Waals surface area (Å²) in [6.07, 6.45) is -0.632. The van der Waals surface area contributed by atoms with Crippen LogP contribution in [-0.2, 0) is 21.5 Å². The molecular formula is C29H31NO4.